The second-order valence-corrected chi connectivity index (χ2v) is 7.00. The maximum absolute atomic E-state index is 12.2. The lowest BCUT2D eigenvalue weighted by atomic mass is 10.4. The highest BCUT2D eigenvalue weighted by molar-refractivity contribution is 7.89. The number of pyridine rings is 1. The van der Waals surface area contributed by atoms with Crippen molar-refractivity contribution in [2.24, 2.45) is 0 Å². The van der Waals surface area contributed by atoms with Crippen molar-refractivity contribution in [2.45, 2.75) is 18.5 Å². The summed E-state index contributed by atoms with van der Waals surface area (Å²) >= 11 is 1.57. The third-order valence-electron chi connectivity index (χ3n) is 2.53. The van der Waals surface area contributed by atoms with Crippen LogP contribution in [0.3, 0.4) is 0 Å². The topological polar surface area (TPSA) is 71.1 Å². The minimum absolute atomic E-state index is 0.0192. The van der Waals surface area contributed by atoms with Crippen molar-refractivity contribution < 1.29 is 8.42 Å². The van der Waals surface area contributed by atoms with Crippen LogP contribution in [0.15, 0.2) is 35.5 Å². The van der Waals surface area contributed by atoms with Crippen LogP contribution in [0.2, 0.25) is 0 Å². The zero-order chi connectivity index (χ0) is 13.9. The third kappa shape index (κ3) is 3.31. The smallest absolute Gasteiger partial charge is 0.260 e. The summed E-state index contributed by atoms with van der Waals surface area (Å²) in [5.41, 5.74) is 0.484. The van der Waals surface area contributed by atoms with Gasteiger partial charge in [0.2, 0.25) is 0 Å². The number of aryl methyl sites for hydroxylation is 1. The van der Waals surface area contributed by atoms with Crippen LogP contribution in [0.25, 0.3) is 0 Å². The zero-order valence-corrected chi connectivity index (χ0v) is 12.3. The molecule has 2 N–H and O–H groups in total. The molecule has 0 aliphatic carbocycles. The molecule has 2 aromatic rings. The van der Waals surface area contributed by atoms with Crippen LogP contribution in [-0.2, 0) is 16.6 Å². The molecule has 2 rings (SSSR count). The van der Waals surface area contributed by atoms with Crippen LogP contribution in [0.4, 0.5) is 5.69 Å². The number of hydrogen-bond donors (Lipinski definition) is 2. The van der Waals surface area contributed by atoms with Gasteiger partial charge in [-0.15, -0.1) is 11.3 Å². The van der Waals surface area contributed by atoms with E-state index in [1.807, 2.05) is 19.1 Å². The molecular weight excluding hydrogens is 282 g/mol. The maximum Gasteiger partial charge on any atom is 0.260 e. The van der Waals surface area contributed by atoms with Gasteiger partial charge < -0.3 is 5.32 Å². The summed E-state index contributed by atoms with van der Waals surface area (Å²) in [5.74, 6) is 0. The summed E-state index contributed by atoms with van der Waals surface area (Å²) < 4.78 is 26.9. The number of nitrogens with one attached hydrogen (secondary N) is 2. The van der Waals surface area contributed by atoms with Gasteiger partial charge in [0.15, 0.2) is 5.03 Å². The van der Waals surface area contributed by atoms with Gasteiger partial charge >= 0.3 is 0 Å². The lowest BCUT2D eigenvalue weighted by molar-refractivity contribution is 0.578. The Hall–Kier alpha value is -1.44. The third-order valence-corrected chi connectivity index (χ3v) is 4.89. The molecule has 7 heteroatoms. The standard InChI is InChI=1S/C12H15N3O2S2/c1-9-5-6-10(18-9)8-15-19(16,17)12-11(13-2)4-3-7-14-12/h3-7,13,15H,8H2,1-2H3. The summed E-state index contributed by atoms with van der Waals surface area (Å²) in [7, 11) is -1.94. The van der Waals surface area contributed by atoms with Crippen molar-refractivity contribution in [3.63, 3.8) is 0 Å². The fourth-order valence-electron chi connectivity index (χ4n) is 1.61. The van der Waals surface area contributed by atoms with Crippen LogP contribution in [0.1, 0.15) is 9.75 Å². The van der Waals surface area contributed by atoms with E-state index in [9.17, 15) is 8.42 Å². The predicted molar refractivity (Wildman–Crippen MR) is 76.9 cm³/mol. The first-order valence-electron chi connectivity index (χ1n) is 5.70. The van der Waals surface area contributed by atoms with E-state index in [0.29, 0.717) is 5.69 Å². The Bertz CT molecular complexity index is 665. The second-order valence-electron chi connectivity index (χ2n) is 3.94. The Morgan fingerprint density at radius 2 is 2.11 bits per heavy atom. The van der Waals surface area contributed by atoms with Crippen LogP contribution < -0.4 is 10.0 Å². The van der Waals surface area contributed by atoms with Gasteiger partial charge in [0.05, 0.1) is 5.69 Å². The molecule has 0 saturated heterocycles. The van der Waals surface area contributed by atoms with E-state index in [4.69, 9.17) is 0 Å². The molecule has 2 aromatic heterocycles. The van der Waals surface area contributed by atoms with Gasteiger partial charge in [0, 0.05) is 29.5 Å². The van der Waals surface area contributed by atoms with Crippen molar-refractivity contribution in [2.75, 3.05) is 12.4 Å². The second kappa shape index (κ2) is 5.68. The number of rotatable bonds is 5. The average Bonchev–Trinajstić information content (AvgIpc) is 2.82. The van der Waals surface area contributed by atoms with Gasteiger partial charge in [-0.3, -0.25) is 0 Å². The van der Waals surface area contributed by atoms with Gasteiger partial charge in [0.1, 0.15) is 0 Å². The highest BCUT2D eigenvalue weighted by Gasteiger charge is 2.19. The average molecular weight is 297 g/mol. The molecule has 0 aliphatic rings. The Kier molecular flexibility index (Phi) is 4.18. The molecule has 0 saturated carbocycles. The lowest BCUT2D eigenvalue weighted by Gasteiger charge is -2.09. The van der Waals surface area contributed by atoms with Crippen molar-refractivity contribution in [3.05, 3.63) is 40.2 Å². The van der Waals surface area contributed by atoms with Gasteiger partial charge in [-0.1, -0.05) is 0 Å². The first-order chi connectivity index (χ1) is 9.03. The molecule has 19 heavy (non-hydrogen) atoms. The Morgan fingerprint density at radius 1 is 1.32 bits per heavy atom. The SMILES string of the molecule is CNc1cccnc1S(=O)(=O)NCc1ccc(C)s1. The fourth-order valence-corrected chi connectivity index (χ4v) is 3.67. The van der Waals surface area contributed by atoms with E-state index in [1.165, 1.54) is 6.20 Å². The molecule has 5 nitrogen and oxygen atoms in total. The predicted octanol–water partition coefficient (Wildman–Crippen LogP) is 1.97. The quantitative estimate of drug-likeness (QED) is 0.885. The number of thiophene rings is 1. The number of hydrogen-bond acceptors (Lipinski definition) is 5. The molecule has 0 fully saturated rings. The summed E-state index contributed by atoms with van der Waals surface area (Å²) in [5, 5.41) is 2.84. The van der Waals surface area contributed by atoms with E-state index in [-0.39, 0.29) is 11.6 Å². The Morgan fingerprint density at radius 3 is 2.74 bits per heavy atom. The molecule has 0 unspecified atom stereocenters. The van der Waals surface area contributed by atoms with Gasteiger partial charge in [-0.2, -0.15) is 0 Å². The molecular formula is C12H15N3O2S2. The van der Waals surface area contributed by atoms with Gasteiger partial charge in [0.25, 0.3) is 10.0 Å². The molecule has 0 atom stereocenters. The van der Waals surface area contributed by atoms with E-state index in [2.05, 4.69) is 15.0 Å². The molecule has 0 spiro atoms. The van der Waals surface area contributed by atoms with Crippen LogP contribution in [0, 0.1) is 6.92 Å². The number of sulfonamides is 1. The molecule has 2 heterocycles. The van der Waals surface area contributed by atoms with Gasteiger partial charge in [-0.25, -0.2) is 18.1 Å². The largest absolute Gasteiger partial charge is 0.386 e. The molecule has 0 radical (unpaired) electrons. The highest BCUT2D eigenvalue weighted by Crippen LogP contribution is 2.19. The molecule has 0 bridgehead atoms. The number of anilines is 1. The van der Waals surface area contributed by atoms with Gasteiger partial charge in [-0.05, 0) is 31.2 Å². The Balaban J connectivity index is 2.18. The molecule has 102 valence electrons. The van der Waals surface area contributed by atoms with E-state index in [0.717, 1.165) is 9.75 Å². The van der Waals surface area contributed by atoms with Crippen LogP contribution >= 0.6 is 11.3 Å². The lowest BCUT2D eigenvalue weighted by Crippen LogP contribution is -2.24. The van der Waals surface area contributed by atoms with Crippen molar-refractivity contribution >= 4 is 27.0 Å². The molecule has 0 amide bonds. The van der Waals surface area contributed by atoms with Crippen molar-refractivity contribution in [3.8, 4) is 0 Å². The molecule has 0 aliphatic heterocycles. The first kappa shape index (κ1) is 14.0. The van der Waals surface area contributed by atoms with E-state index >= 15 is 0 Å². The van der Waals surface area contributed by atoms with Crippen molar-refractivity contribution in [1.29, 1.82) is 0 Å². The first-order valence-corrected chi connectivity index (χ1v) is 8.00. The Labute approximate surface area is 116 Å². The normalized spacial score (nSPS) is 11.5. The number of aromatic nitrogens is 1. The zero-order valence-electron chi connectivity index (χ0n) is 10.7. The van der Waals surface area contributed by atoms with Crippen molar-refractivity contribution in [1.82, 2.24) is 9.71 Å². The monoisotopic (exact) mass is 297 g/mol. The molecule has 0 aromatic carbocycles. The number of nitrogens with zero attached hydrogens (tertiary/aromatic N) is 1. The minimum atomic E-state index is -3.61. The summed E-state index contributed by atoms with van der Waals surface area (Å²) in [4.78, 5) is 6.06. The minimum Gasteiger partial charge on any atom is -0.386 e. The van der Waals surface area contributed by atoms with Crippen LogP contribution in [-0.4, -0.2) is 20.4 Å². The maximum atomic E-state index is 12.2. The highest BCUT2D eigenvalue weighted by atomic mass is 32.2. The summed E-state index contributed by atoms with van der Waals surface area (Å²) in [6, 6.07) is 7.25. The fraction of sp³-hybridized carbons (Fsp3) is 0.250. The summed E-state index contributed by atoms with van der Waals surface area (Å²) in [6.45, 7) is 2.26. The van der Waals surface area contributed by atoms with E-state index in [1.54, 1.807) is 30.5 Å². The van der Waals surface area contributed by atoms with E-state index < -0.39 is 10.0 Å². The van der Waals surface area contributed by atoms with Crippen LogP contribution in [0.5, 0.6) is 0 Å². The summed E-state index contributed by atoms with van der Waals surface area (Å²) in [6.07, 6.45) is 1.46.